The van der Waals surface area contributed by atoms with Gasteiger partial charge in [-0.25, -0.2) is 0 Å². The summed E-state index contributed by atoms with van der Waals surface area (Å²) in [5.41, 5.74) is 2.31. The molecule has 0 aromatic heterocycles. The predicted molar refractivity (Wildman–Crippen MR) is 258 cm³/mol. The van der Waals surface area contributed by atoms with Gasteiger partial charge in [-0.3, -0.25) is 9.59 Å². The number of carboxylic acids is 2. The second-order valence-corrected chi connectivity index (χ2v) is 17.5. The van der Waals surface area contributed by atoms with Crippen LogP contribution in [0.4, 0.5) is 0 Å². The summed E-state index contributed by atoms with van der Waals surface area (Å²) in [5.74, 6) is -2.33. The molecule has 4 atom stereocenters. The summed E-state index contributed by atoms with van der Waals surface area (Å²) in [6.07, 6.45) is 26.8. The van der Waals surface area contributed by atoms with Crippen LogP contribution in [0.3, 0.4) is 0 Å². The van der Waals surface area contributed by atoms with Crippen LogP contribution >= 0.6 is 0 Å². The van der Waals surface area contributed by atoms with Crippen LogP contribution in [0.1, 0.15) is 219 Å². The number of hydrogen-bond acceptors (Lipinski definition) is 10. The van der Waals surface area contributed by atoms with Crippen LogP contribution in [0.15, 0.2) is 60.7 Å². The maximum atomic E-state index is 11.6. The molecule has 65 heavy (non-hydrogen) atoms. The molecule has 0 saturated heterocycles. The third-order valence-corrected chi connectivity index (χ3v) is 11.4. The zero-order chi connectivity index (χ0) is 46.9. The van der Waals surface area contributed by atoms with E-state index in [1.807, 2.05) is 36.4 Å². The van der Waals surface area contributed by atoms with Crippen LogP contribution in [0.2, 0.25) is 0 Å². The van der Waals surface area contributed by atoms with E-state index in [1.165, 1.54) is 13.8 Å². The maximum Gasteiger partial charge on any atom is 2.00 e. The molecule has 4 unspecified atom stereocenters. The maximum absolute atomic E-state index is 11.6. The molecule has 0 bridgehead atoms. The van der Waals surface area contributed by atoms with Gasteiger partial charge in [-0.05, 0) is 75.3 Å². The minimum atomic E-state index is -0.951. The van der Waals surface area contributed by atoms with Gasteiger partial charge in [0.05, 0.1) is 25.4 Å². The largest absolute Gasteiger partial charge is 2.00 e. The number of carbonyl (C=O) groups is 4. The van der Waals surface area contributed by atoms with E-state index in [0.29, 0.717) is 26.1 Å². The van der Waals surface area contributed by atoms with Crippen molar-refractivity contribution < 1.29 is 48.3 Å². The van der Waals surface area contributed by atoms with Gasteiger partial charge in [0.1, 0.15) is 12.2 Å². The van der Waals surface area contributed by atoms with Gasteiger partial charge in [0, 0.05) is 38.6 Å². The van der Waals surface area contributed by atoms with E-state index in [2.05, 4.69) is 38.1 Å². The van der Waals surface area contributed by atoms with Crippen LogP contribution in [0.25, 0.3) is 0 Å². The van der Waals surface area contributed by atoms with Crippen LogP contribution in [0.5, 0.6) is 0 Å². The Hall–Kier alpha value is -2.19. The summed E-state index contributed by atoms with van der Waals surface area (Å²) >= 11 is 0. The van der Waals surface area contributed by atoms with Crippen molar-refractivity contribution in [3.8, 4) is 0 Å². The molecule has 0 spiro atoms. The number of hydrogen-bond donors (Lipinski definition) is 0. The van der Waals surface area contributed by atoms with Crippen molar-refractivity contribution in [3.05, 3.63) is 71.8 Å². The van der Waals surface area contributed by atoms with Crippen molar-refractivity contribution in [2.75, 3.05) is 0 Å². The number of rotatable bonds is 40. The second kappa shape index (κ2) is 44.3. The number of carbonyl (C=O) groups excluding carboxylic acids is 4. The average Bonchev–Trinajstić information content (AvgIpc) is 3.26. The summed E-state index contributed by atoms with van der Waals surface area (Å²) < 4.78 is 23.8. The molecule has 0 radical (unpaired) electrons. The van der Waals surface area contributed by atoms with E-state index in [4.69, 9.17) is 18.9 Å². The topological polar surface area (TPSA) is 151 Å². The molecular formula is C54H86BaO10. The SMILES string of the molecule is CCCCCC(CC(CCCCCCCCCC(=O)[O-])OCc1ccccc1)OC(C)=O.CCCCCC(CC(CCCCCCCCCC(=O)[O-])OCc1ccccc1)OC(C)=O.[Ba+2]. The minimum absolute atomic E-state index is 0. The molecule has 0 N–H and O–H groups in total. The first-order chi connectivity index (χ1) is 31.0. The Morgan fingerprint density at radius 2 is 0.723 bits per heavy atom. The number of aliphatic carboxylic acids is 2. The molecule has 0 aliphatic rings. The molecule has 0 saturated carbocycles. The smallest absolute Gasteiger partial charge is 0.550 e. The van der Waals surface area contributed by atoms with Crippen molar-refractivity contribution in [1.29, 1.82) is 0 Å². The number of unbranched alkanes of at least 4 members (excludes halogenated alkanes) is 16. The number of benzene rings is 2. The van der Waals surface area contributed by atoms with Gasteiger partial charge in [0.2, 0.25) is 0 Å². The van der Waals surface area contributed by atoms with Crippen molar-refractivity contribution in [1.82, 2.24) is 0 Å². The van der Waals surface area contributed by atoms with E-state index in [1.54, 1.807) is 0 Å². The fraction of sp³-hybridized carbons (Fsp3) is 0.704. The molecule has 0 aliphatic heterocycles. The van der Waals surface area contributed by atoms with Crippen LogP contribution in [-0.2, 0) is 51.3 Å². The Balaban J connectivity index is 0.00000124. The third kappa shape index (κ3) is 40.6. The van der Waals surface area contributed by atoms with Crippen molar-refractivity contribution in [3.63, 3.8) is 0 Å². The Kier molecular flexibility index (Phi) is 42.8. The van der Waals surface area contributed by atoms with Gasteiger partial charge in [0.25, 0.3) is 0 Å². The van der Waals surface area contributed by atoms with Gasteiger partial charge in [-0.1, -0.05) is 177 Å². The third-order valence-electron chi connectivity index (χ3n) is 11.4. The fourth-order valence-electron chi connectivity index (χ4n) is 7.92. The quantitative estimate of drug-likeness (QED) is 0.0358. The Bertz CT molecular complexity index is 1320. The van der Waals surface area contributed by atoms with Gasteiger partial charge in [-0.2, -0.15) is 0 Å². The Morgan fingerprint density at radius 3 is 1.03 bits per heavy atom. The summed E-state index contributed by atoms with van der Waals surface area (Å²) in [4.78, 5) is 44.1. The Morgan fingerprint density at radius 1 is 0.431 bits per heavy atom. The summed E-state index contributed by atoms with van der Waals surface area (Å²) in [5, 5.41) is 20.9. The minimum Gasteiger partial charge on any atom is -0.550 e. The molecular weight excluding hydrogens is 946 g/mol. The fourth-order valence-corrected chi connectivity index (χ4v) is 7.92. The zero-order valence-electron chi connectivity index (χ0n) is 41.1. The van der Waals surface area contributed by atoms with Gasteiger partial charge >= 0.3 is 60.8 Å². The van der Waals surface area contributed by atoms with Gasteiger partial charge in [-0.15, -0.1) is 0 Å². The van der Waals surface area contributed by atoms with Crippen molar-refractivity contribution >= 4 is 72.8 Å². The molecule has 2 aromatic carbocycles. The molecule has 0 fully saturated rings. The molecule has 0 aliphatic carbocycles. The zero-order valence-corrected chi connectivity index (χ0v) is 45.5. The normalized spacial score (nSPS) is 12.7. The van der Waals surface area contributed by atoms with E-state index in [0.717, 1.165) is 165 Å². The van der Waals surface area contributed by atoms with Crippen molar-refractivity contribution in [2.45, 2.75) is 245 Å². The van der Waals surface area contributed by atoms with Gasteiger partial charge in [0.15, 0.2) is 0 Å². The van der Waals surface area contributed by atoms with E-state index < -0.39 is 11.9 Å². The van der Waals surface area contributed by atoms with E-state index in [9.17, 15) is 29.4 Å². The molecule has 10 nitrogen and oxygen atoms in total. The summed E-state index contributed by atoms with van der Waals surface area (Å²) in [6, 6.07) is 20.4. The monoisotopic (exact) mass is 1030 g/mol. The molecule has 2 aromatic rings. The summed E-state index contributed by atoms with van der Waals surface area (Å²) in [7, 11) is 0. The van der Waals surface area contributed by atoms with Crippen LogP contribution in [0, 0.1) is 0 Å². The first-order valence-electron chi connectivity index (χ1n) is 25.1. The molecule has 0 amide bonds. The first-order valence-corrected chi connectivity index (χ1v) is 25.1. The molecule has 364 valence electrons. The molecule has 2 rings (SSSR count). The van der Waals surface area contributed by atoms with E-state index >= 15 is 0 Å². The number of esters is 2. The first kappa shape index (κ1) is 62.8. The molecule has 0 heterocycles. The standard InChI is InChI=1S/2C27H44O5.Ba/c2*1-3-4-11-19-26(32-23(2)28)21-25(31-22-24-16-12-10-13-17-24)18-14-8-6-5-7-9-15-20-27(29)30;/h2*10,12-13,16-17,25-26H,3-9,11,14-15,18-22H2,1-2H3,(H,29,30);/q;;+2/p-2. The average molecular weight is 1030 g/mol. The second-order valence-electron chi connectivity index (χ2n) is 17.5. The number of ether oxygens (including phenoxy) is 4. The predicted octanol–water partition coefficient (Wildman–Crippen LogP) is 11.1. The van der Waals surface area contributed by atoms with Gasteiger partial charge < -0.3 is 38.7 Å². The van der Waals surface area contributed by atoms with Crippen molar-refractivity contribution in [2.24, 2.45) is 0 Å². The summed E-state index contributed by atoms with van der Waals surface area (Å²) in [6.45, 7) is 8.47. The van der Waals surface area contributed by atoms with Crippen LogP contribution < -0.4 is 10.2 Å². The molecule has 11 heteroatoms. The number of carboxylic acid groups (broad SMARTS) is 2. The Labute approximate surface area is 434 Å². The van der Waals surface area contributed by atoms with E-state index in [-0.39, 0.29) is 98.1 Å². The van der Waals surface area contributed by atoms with Crippen LogP contribution in [-0.4, -0.2) is 97.2 Å².